The fourth-order valence-corrected chi connectivity index (χ4v) is 2.95. The van der Waals surface area contributed by atoms with Crippen molar-refractivity contribution < 1.29 is 4.79 Å². The smallest absolute Gasteiger partial charge is 0.221 e. The van der Waals surface area contributed by atoms with Gasteiger partial charge in [-0.05, 0) is 37.1 Å². The Balaban J connectivity index is 0.00000529. The molecule has 0 aliphatic carbocycles. The van der Waals surface area contributed by atoms with Crippen LogP contribution in [0.3, 0.4) is 0 Å². The molecule has 0 aliphatic heterocycles. The highest BCUT2D eigenvalue weighted by Crippen LogP contribution is 2.13. The monoisotopic (exact) mass is 466 g/mol. The molecule has 138 valence electrons. The van der Waals surface area contributed by atoms with Gasteiger partial charge in [0.1, 0.15) is 0 Å². The van der Waals surface area contributed by atoms with E-state index in [1.165, 1.54) is 4.88 Å². The van der Waals surface area contributed by atoms with Crippen LogP contribution >= 0.6 is 35.3 Å². The van der Waals surface area contributed by atoms with Gasteiger partial charge in [0.15, 0.2) is 5.96 Å². The zero-order valence-electron chi connectivity index (χ0n) is 15.1. The Hall–Kier alpha value is -0.830. The summed E-state index contributed by atoms with van der Waals surface area (Å²) in [6.45, 7) is 7.74. The maximum atomic E-state index is 11.7. The molecule has 0 radical (unpaired) electrons. The second kappa shape index (κ2) is 13.5. The number of rotatable bonds is 9. The minimum absolute atomic E-state index is 0. The van der Waals surface area contributed by atoms with Crippen molar-refractivity contribution in [3.8, 4) is 0 Å². The van der Waals surface area contributed by atoms with Gasteiger partial charge in [-0.1, -0.05) is 19.9 Å². The molecule has 0 saturated carbocycles. The first-order chi connectivity index (χ1) is 11.0. The molecule has 1 amide bonds. The van der Waals surface area contributed by atoms with E-state index in [9.17, 15) is 4.79 Å². The lowest BCUT2D eigenvalue weighted by molar-refractivity contribution is -0.121. The Kier molecular flexibility index (Phi) is 13.0. The van der Waals surface area contributed by atoms with Crippen LogP contribution in [0.25, 0.3) is 0 Å². The van der Waals surface area contributed by atoms with Crippen LogP contribution in [0.4, 0.5) is 0 Å². The van der Waals surface area contributed by atoms with Crippen LogP contribution in [0.15, 0.2) is 22.5 Å². The van der Waals surface area contributed by atoms with Crippen LogP contribution in [0.1, 0.15) is 38.5 Å². The minimum Gasteiger partial charge on any atom is -0.356 e. The van der Waals surface area contributed by atoms with E-state index in [1.807, 2.05) is 6.92 Å². The summed E-state index contributed by atoms with van der Waals surface area (Å²) in [5.41, 5.74) is 0. The lowest BCUT2D eigenvalue weighted by Crippen LogP contribution is -2.41. The highest BCUT2D eigenvalue weighted by molar-refractivity contribution is 14.0. The second-order valence-electron chi connectivity index (χ2n) is 5.90. The summed E-state index contributed by atoms with van der Waals surface area (Å²) >= 11 is 1.80. The van der Waals surface area contributed by atoms with Crippen molar-refractivity contribution in [1.82, 2.24) is 16.0 Å². The summed E-state index contributed by atoms with van der Waals surface area (Å²) in [6.07, 6.45) is 2.47. The van der Waals surface area contributed by atoms with E-state index in [2.05, 4.69) is 52.3 Å². The van der Waals surface area contributed by atoms with E-state index in [-0.39, 0.29) is 35.9 Å². The van der Waals surface area contributed by atoms with Crippen molar-refractivity contribution in [2.24, 2.45) is 10.9 Å². The maximum absolute atomic E-state index is 11.7. The van der Waals surface area contributed by atoms with Gasteiger partial charge < -0.3 is 16.0 Å². The number of hydrogen-bond acceptors (Lipinski definition) is 3. The third-order valence-electron chi connectivity index (χ3n) is 3.64. The van der Waals surface area contributed by atoms with Gasteiger partial charge in [-0.15, -0.1) is 35.3 Å². The number of amides is 1. The van der Waals surface area contributed by atoms with Gasteiger partial charge in [0.05, 0.1) is 0 Å². The van der Waals surface area contributed by atoms with E-state index < -0.39 is 0 Å². The molecule has 7 heteroatoms. The van der Waals surface area contributed by atoms with Gasteiger partial charge >= 0.3 is 0 Å². The van der Waals surface area contributed by atoms with Gasteiger partial charge in [0, 0.05) is 37.5 Å². The zero-order chi connectivity index (χ0) is 17.1. The summed E-state index contributed by atoms with van der Waals surface area (Å²) in [4.78, 5) is 17.3. The molecule has 5 nitrogen and oxygen atoms in total. The fourth-order valence-electron chi connectivity index (χ4n) is 2.08. The average molecular weight is 466 g/mol. The minimum atomic E-state index is 0. The molecular formula is C17H31IN4OS. The highest BCUT2D eigenvalue weighted by atomic mass is 127. The van der Waals surface area contributed by atoms with Gasteiger partial charge in [-0.25, -0.2) is 0 Å². The molecule has 1 aromatic heterocycles. The predicted octanol–water partition coefficient (Wildman–Crippen LogP) is 3.01. The second-order valence-corrected chi connectivity index (χ2v) is 6.93. The maximum Gasteiger partial charge on any atom is 0.221 e. The summed E-state index contributed by atoms with van der Waals surface area (Å²) in [5, 5.41) is 11.6. The topological polar surface area (TPSA) is 65.5 Å². The molecule has 24 heavy (non-hydrogen) atoms. The largest absolute Gasteiger partial charge is 0.356 e. The number of thiophene rings is 1. The van der Waals surface area contributed by atoms with E-state index in [1.54, 1.807) is 18.4 Å². The van der Waals surface area contributed by atoms with Gasteiger partial charge in [0.25, 0.3) is 0 Å². The van der Waals surface area contributed by atoms with Gasteiger partial charge in [0.2, 0.25) is 5.91 Å². The van der Waals surface area contributed by atoms with Crippen LogP contribution in [0.2, 0.25) is 0 Å². The van der Waals surface area contributed by atoms with Crippen molar-refractivity contribution in [1.29, 1.82) is 0 Å². The number of nitrogens with one attached hydrogen (secondary N) is 3. The molecule has 0 aromatic carbocycles. The van der Waals surface area contributed by atoms with Crippen LogP contribution in [-0.2, 0) is 11.2 Å². The summed E-state index contributed by atoms with van der Waals surface area (Å²) in [7, 11) is 1.75. The van der Waals surface area contributed by atoms with Gasteiger partial charge in [-0.2, -0.15) is 0 Å². The van der Waals surface area contributed by atoms with Crippen LogP contribution in [0, 0.1) is 5.92 Å². The summed E-state index contributed by atoms with van der Waals surface area (Å²) < 4.78 is 0. The zero-order valence-corrected chi connectivity index (χ0v) is 18.2. The van der Waals surface area contributed by atoms with E-state index in [0.717, 1.165) is 25.3 Å². The van der Waals surface area contributed by atoms with Crippen molar-refractivity contribution in [3.05, 3.63) is 22.4 Å². The molecule has 0 bridgehead atoms. The predicted molar refractivity (Wildman–Crippen MR) is 114 cm³/mol. The third-order valence-corrected chi connectivity index (χ3v) is 4.53. The molecule has 2 atom stereocenters. The first kappa shape index (κ1) is 23.2. The molecule has 0 fully saturated rings. The lowest BCUT2D eigenvalue weighted by atomic mass is 10.1. The highest BCUT2D eigenvalue weighted by Gasteiger charge is 2.08. The average Bonchev–Trinajstić information content (AvgIpc) is 3.03. The molecule has 1 heterocycles. The standard InChI is InChI=1S/C17H30N4OS.HI/c1-5-14(3)21-16(22)8-9-19-17(18-4)20-12-13(2)11-15-7-6-10-23-15;/h6-7,10,13-14H,5,8-9,11-12H2,1-4H3,(H,21,22)(H2,18,19,20);1H. The van der Waals surface area contributed by atoms with Crippen LogP contribution in [-0.4, -0.2) is 38.0 Å². The van der Waals surface area contributed by atoms with E-state index in [0.29, 0.717) is 18.9 Å². The molecule has 0 spiro atoms. The normalized spacial score (nSPS) is 13.6. The SMILES string of the molecule is CCC(C)NC(=O)CCNC(=NC)NCC(C)Cc1cccs1.I. The summed E-state index contributed by atoms with van der Waals surface area (Å²) in [5.74, 6) is 1.36. The Bertz CT molecular complexity index is 479. The lowest BCUT2D eigenvalue weighted by Gasteiger charge is -2.16. The van der Waals surface area contributed by atoms with Crippen molar-refractivity contribution in [2.45, 2.75) is 46.1 Å². The van der Waals surface area contributed by atoms with E-state index in [4.69, 9.17) is 0 Å². The van der Waals surface area contributed by atoms with Crippen LogP contribution < -0.4 is 16.0 Å². The van der Waals surface area contributed by atoms with Crippen LogP contribution in [0.5, 0.6) is 0 Å². The first-order valence-corrected chi connectivity index (χ1v) is 9.19. The van der Waals surface area contributed by atoms with Crippen molar-refractivity contribution in [3.63, 3.8) is 0 Å². The molecule has 0 aliphatic rings. The third kappa shape index (κ3) is 10.1. The number of aliphatic imine (C=N–C) groups is 1. The Labute approximate surface area is 167 Å². The number of guanidine groups is 1. The van der Waals surface area contributed by atoms with Gasteiger partial charge in [-0.3, -0.25) is 9.79 Å². The Morgan fingerprint density at radius 1 is 1.33 bits per heavy atom. The number of halogens is 1. The molecule has 0 saturated heterocycles. The fraction of sp³-hybridized carbons (Fsp3) is 0.647. The quantitative estimate of drug-likeness (QED) is 0.298. The van der Waals surface area contributed by atoms with Crippen molar-refractivity contribution >= 4 is 47.2 Å². The number of carbonyl (C=O) groups excluding carboxylic acids is 1. The molecule has 1 aromatic rings. The number of nitrogens with zero attached hydrogens (tertiary/aromatic N) is 1. The number of hydrogen-bond donors (Lipinski definition) is 3. The molecule has 1 rings (SSSR count). The number of carbonyl (C=O) groups is 1. The Morgan fingerprint density at radius 3 is 2.67 bits per heavy atom. The van der Waals surface area contributed by atoms with E-state index >= 15 is 0 Å². The molecular weight excluding hydrogens is 435 g/mol. The Morgan fingerprint density at radius 2 is 2.08 bits per heavy atom. The molecule has 2 unspecified atom stereocenters. The summed E-state index contributed by atoms with van der Waals surface area (Å²) in [6, 6.07) is 4.49. The first-order valence-electron chi connectivity index (χ1n) is 8.31. The molecule has 3 N–H and O–H groups in total. The van der Waals surface area contributed by atoms with Crippen molar-refractivity contribution in [2.75, 3.05) is 20.1 Å².